The van der Waals surface area contributed by atoms with Gasteiger partial charge < -0.3 is 14.9 Å². The standard InChI is InChI=1S/C29H40O4/c1-4-5-6-23(8-7-22(2)3)9-14-27(31)17-12-25-13-18-28(32)29(21-25)33-20-19-24-10-15-26(30)16-11-24/h9-11,13-16,18,21-23,30,32H,4-8,12,17,19-20H2,1-3H3. The minimum atomic E-state index is 0.0968. The van der Waals surface area contributed by atoms with Gasteiger partial charge in [-0.2, -0.15) is 0 Å². The number of carbonyl (C=O) groups excluding carboxylic acids is 1. The summed E-state index contributed by atoms with van der Waals surface area (Å²) in [5.41, 5.74) is 2.02. The Kier molecular flexibility index (Phi) is 11.6. The number of hydrogen-bond acceptors (Lipinski definition) is 4. The van der Waals surface area contributed by atoms with Crippen molar-refractivity contribution in [2.75, 3.05) is 6.61 Å². The zero-order valence-corrected chi connectivity index (χ0v) is 20.4. The highest BCUT2D eigenvalue weighted by atomic mass is 16.5. The molecule has 0 aromatic heterocycles. The molecule has 0 saturated heterocycles. The van der Waals surface area contributed by atoms with Crippen molar-refractivity contribution < 1.29 is 19.7 Å². The van der Waals surface area contributed by atoms with Crippen molar-refractivity contribution in [2.45, 2.75) is 72.1 Å². The van der Waals surface area contributed by atoms with Gasteiger partial charge in [-0.25, -0.2) is 0 Å². The van der Waals surface area contributed by atoms with E-state index in [1.54, 1.807) is 24.3 Å². The molecule has 2 aromatic rings. The van der Waals surface area contributed by atoms with Gasteiger partial charge in [0, 0.05) is 12.8 Å². The lowest BCUT2D eigenvalue weighted by atomic mass is 9.92. The summed E-state index contributed by atoms with van der Waals surface area (Å²) >= 11 is 0. The molecular formula is C29H40O4. The maximum atomic E-state index is 12.5. The number of ketones is 1. The number of rotatable bonds is 15. The largest absolute Gasteiger partial charge is 0.508 e. The maximum absolute atomic E-state index is 12.5. The van der Waals surface area contributed by atoms with Crippen LogP contribution in [0.4, 0.5) is 0 Å². The van der Waals surface area contributed by atoms with Crippen LogP contribution in [0.1, 0.15) is 70.4 Å². The lowest BCUT2D eigenvalue weighted by Gasteiger charge is -2.13. The first-order valence-electron chi connectivity index (χ1n) is 12.3. The van der Waals surface area contributed by atoms with Gasteiger partial charge in [-0.15, -0.1) is 0 Å². The molecule has 0 radical (unpaired) electrons. The Morgan fingerprint density at radius 2 is 1.70 bits per heavy atom. The third kappa shape index (κ3) is 10.6. The van der Waals surface area contributed by atoms with Gasteiger partial charge in [-0.3, -0.25) is 4.79 Å². The summed E-state index contributed by atoms with van der Waals surface area (Å²) in [4.78, 5) is 12.5. The van der Waals surface area contributed by atoms with E-state index in [4.69, 9.17) is 4.74 Å². The molecule has 33 heavy (non-hydrogen) atoms. The quantitative estimate of drug-likeness (QED) is 0.285. The van der Waals surface area contributed by atoms with E-state index in [-0.39, 0.29) is 17.3 Å². The smallest absolute Gasteiger partial charge is 0.161 e. The summed E-state index contributed by atoms with van der Waals surface area (Å²) in [7, 11) is 0. The molecular weight excluding hydrogens is 412 g/mol. The molecule has 1 unspecified atom stereocenters. The zero-order chi connectivity index (χ0) is 24.1. The number of carbonyl (C=O) groups is 1. The van der Waals surface area contributed by atoms with Crippen LogP contribution in [0, 0.1) is 11.8 Å². The highest BCUT2D eigenvalue weighted by Crippen LogP contribution is 2.28. The maximum Gasteiger partial charge on any atom is 0.161 e. The van der Waals surface area contributed by atoms with Gasteiger partial charge in [-0.05, 0) is 72.6 Å². The fourth-order valence-electron chi connectivity index (χ4n) is 3.72. The zero-order valence-electron chi connectivity index (χ0n) is 20.4. The molecule has 2 rings (SSSR count). The second-order valence-electron chi connectivity index (χ2n) is 9.27. The van der Waals surface area contributed by atoms with Crippen molar-refractivity contribution in [3.05, 3.63) is 65.7 Å². The SMILES string of the molecule is CCCCC(C=CC(=O)CCc1ccc(O)c(OCCc2ccc(O)cc2)c1)CCC(C)C. The van der Waals surface area contributed by atoms with Crippen LogP contribution < -0.4 is 4.74 Å². The summed E-state index contributed by atoms with van der Waals surface area (Å²) in [5.74, 6) is 2.08. The Morgan fingerprint density at radius 1 is 0.970 bits per heavy atom. The molecule has 0 spiro atoms. The molecule has 2 N–H and O–H groups in total. The summed E-state index contributed by atoms with van der Waals surface area (Å²) in [6.07, 6.45) is 11.5. The average molecular weight is 453 g/mol. The van der Waals surface area contributed by atoms with Crippen LogP contribution in [0.3, 0.4) is 0 Å². The predicted octanol–water partition coefficient (Wildman–Crippen LogP) is 7.02. The van der Waals surface area contributed by atoms with Gasteiger partial charge in [0.2, 0.25) is 0 Å². The number of ether oxygens (including phenoxy) is 1. The number of phenolic OH excluding ortho intramolecular Hbond substituents is 2. The van der Waals surface area contributed by atoms with Gasteiger partial charge in [0.1, 0.15) is 5.75 Å². The second kappa shape index (κ2) is 14.4. The van der Waals surface area contributed by atoms with Crippen molar-refractivity contribution in [2.24, 2.45) is 11.8 Å². The molecule has 0 fully saturated rings. The van der Waals surface area contributed by atoms with Gasteiger partial charge in [-0.1, -0.05) is 64.3 Å². The van der Waals surface area contributed by atoms with Gasteiger partial charge in [0.15, 0.2) is 17.3 Å². The Balaban J connectivity index is 1.84. The molecule has 0 aliphatic carbocycles. The lowest BCUT2D eigenvalue weighted by Crippen LogP contribution is -2.03. The summed E-state index contributed by atoms with van der Waals surface area (Å²) in [6, 6.07) is 12.3. The minimum absolute atomic E-state index is 0.0968. The van der Waals surface area contributed by atoms with Crippen molar-refractivity contribution in [1.82, 2.24) is 0 Å². The molecule has 0 amide bonds. The number of phenols is 2. The lowest BCUT2D eigenvalue weighted by molar-refractivity contribution is -0.114. The molecule has 1 atom stereocenters. The van der Waals surface area contributed by atoms with Crippen molar-refractivity contribution in [3.63, 3.8) is 0 Å². The number of benzene rings is 2. The van der Waals surface area contributed by atoms with E-state index in [2.05, 4.69) is 26.8 Å². The number of hydrogen-bond donors (Lipinski definition) is 2. The molecule has 4 nitrogen and oxygen atoms in total. The first kappa shape index (κ1) is 26.5. The highest BCUT2D eigenvalue weighted by molar-refractivity contribution is 5.89. The molecule has 0 heterocycles. The topological polar surface area (TPSA) is 66.8 Å². The monoisotopic (exact) mass is 452 g/mol. The van der Waals surface area contributed by atoms with Crippen molar-refractivity contribution in [3.8, 4) is 17.2 Å². The molecule has 180 valence electrons. The number of aromatic hydroxyl groups is 2. The molecule has 0 aliphatic heterocycles. The first-order chi connectivity index (χ1) is 15.9. The summed E-state index contributed by atoms with van der Waals surface area (Å²) in [6.45, 7) is 7.11. The van der Waals surface area contributed by atoms with Crippen LogP contribution in [-0.4, -0.2) is 22.6 Å². The molecule has 2 aromatic carbocycles. The van der Waals surface area contributed by atoms with E-state index in [0.29, 0.717) is 43.5 Å². The molecule has 0 saturated carbocycles. The van der Waals surface area contributed by atoms with Crippen molar-refractivity contribution >= 4 is 5.78 Å². The number of unbranched alkanes of at least 4 members (excludes halogenated alkanes) is 1. The van der Waals surface area contributed by atoms with Gasteiger partial charge in [0.05, 0.1) is 6.61 Å². The summed E-state index contributed by atoms with van der Waals surface area (Å²) in [5, 5.41) is 19.5. The molecule has 4 heteroatoms. The fraction of sp³-hybridized carbons (Fsp3) is 0.483. The van der Waals surface area contributed by atoms with Gasteiger partial charge in [0.25, 0.3) is 0 Å². The molecule has 0 aliphatic rings. The van der Waals surface area contributed by atoms with Crippen LogP contribution in [-0.2, 0) is 17.6 Å². The second-order valence-corrected chi connectivity index (χ2v) is 9.27. The van der Waals surface area contributed by atoms with E-state index in [9.17, 15) is 15.0 Å². The summed E-state index contributed by atoms with van der Waals surface area (Å²) < 4.78 is 5.77. The van der Waals surface area contributed by atoms with E-state index in [1.807, 2.05) is 24.3 Å². The van der Waals surface area contributed by atoms with E-state index in [0.717, 1.165) is 24.0 Å². The predicted molar refractivity (Wildman–Crippen MR) is 135 cm³/mol. The fourth-order valence-corrected chi connectivity index (χ4v) is 3.72. The Morgan fingerprint density at radius 3 is 2.39 bits per heavy atom. The van der Waals surface area contributed by atoms with Crippen LogP contribution in [0.5, 0.6) is 17.2 Å². The van der Waals surface area contributed by atoms with Crippen LogP contribution in [0.25, 0.3) is 0 Å². The first-order valence-corrected chi connectivity index (χ1v) is 12.3. The number of aryl methyl sites for hydroxylation is 1. The Bertz CT molecular complexity index is 868. The van der Waals surface area contributed by atoms with Gasteiger partial charge >= 0.3 is 0 Å². The number of allylic oxidation sites excluding steroid dienone is 2. The van der Waals surface area contributed by atoms with Crippen LogP contribution in [0.15, 0.2) is 54.6 Å². The van der Waals surface area contributed by atoms with E-state index >= 15 is 0 Å². The Hall–Kier alpha value is -2.75. The third-order valence-corrected chi connectivity index (χ3v) is 5.87. The highest BCUT2D eigenvalue weighted by Gasteiger charge is 2.09. The van der Waals surface area contributed by atoms with Crippen molar-refractivity contribution in [1.29, 1.82) is 0 Å². The van der Waals surface area contributed by atoms with Crippen LogP contribution >= 0.6 is 0 Å². The van der Waals surface area contributed by atoms with E-state index < -0.39 is 0 Å². The Labute approximate surface area is 199 Å². The minimum Gasteiger partial charge on any atom is -0.508 e. The average Bonchev–Trinajstić information content (AvgIpc) is 2.80. The normalized spacial score (nSPS) is 12.4. The van der Waals surface area contributed by atoms with Crippen LogP contribution in [0.2, 0.25) is 0 Å². The third-order valence-electron chi connectivity index (χ3n) is 5.87. The van der Waals surface area contributed by atoms with E-state index in [1.165, 1.54) is 19.3 Å². The molecule has 0 bridgehead atoms.